The Morgan fingerprint density at radius 2 is 1.08 bits per heavy atom. The minimum Gasteiger partial charge on any atom is -0.465 e. The molecule has 0 N–H and O–H groups in total. The van der Waals surface area contributed by atoms with Crippen LogP contribution < -0.4 is 0 Å². The van der Waals surface area contributed by atoms with Crippen LogP contribution in [-0.4, -0.2) is 61.4 Å². The molecule has 1 saturated heterocycles. The smallest absolute Gasteiger partial charge is 0.314 e. The molecule has 2 atom stereocenters. The highest BCUT2D eigenvalue weighted by molar-refractivity contribution is 5.77. The van der Waals surface area contributed by atoms with Gasteiger partial charge in [0.05, 0.1) is 23.7 Å². The first-order valence-corrected chi connectivity index (χ1v) is 22.7. The number of piperidine rings is 1. The zero-order chi connectivity index (χ0) is 39.1. The maximum absolute atomic E-state index is 13.7. The first kappa shape index (κ1) is 50.9. The van der Waals surface area contributed by atoms with E-state index in [9.17, 15) is 9.59 Å². The summed E-state index contributed by atoms with van der Waals surface area (Å²) in [4.78, 5) is 28.5. The molecule has 2 unspecified atom stereocenters. The SMILES string of the molecule is CC.CCCCCCCCCC(CCCCCCCCC(=O)OCC(CCCC)CCCCCC)OC(=O)C(C)(C)C(C)(C)OC1CCN(C)CC1. The fraction of sp³-hybridized carbons (Fsp3) is 0.957. The molecule has 52 heavy (non-hydrogen) atoms. The van der Waals surface area contributed by atoms with Gasteiger partial charge in [-0.05, 0) is 98.4 Å². The number of hydrogen-bond donors (Lipinski definition) is 0. The molecular weight excluding hydrogens is 647 g/mol. The summed E-state index contributed by atoms with van der Waals surface area (Å²) in [6.07, 6.45) is 29.9. The van der Waals surface area contributed by atoms with E-state index in [-0.39, 0.29) is 24.1 Å². The fourth-order valence-corrected chi connectivity index (χ4v) is 7.10. The van der Waals surface area contributed by atoms with E-state index < -0.39 is 11.0 Å². The standard InChI is InChI=1S/C44H85NO5.C2H6/c1-9-12-15-17-18-21-25-30-39(49-42(47)43(4,5)44(6,7)50-40-33-35-45(8)36-34-40)31-26-22-19-20-23-27-32-41(46)48-37-38(28-14-11-3)29-24-16-13-10-2;1-2/h38-40H,9-37H2,1-8H3;1-2H3. The fourth-order valence-electron chi connectivity index (χ4n) is 7.10. The molecular formula is C46H91NO5. The van der Waals surface area contributed by atoms with Crippen LogP contribution >= 0.6 is 0 Å². The number of ether oxygens (including phenoxy) is 3. The predicted molar refractivity (Wildman–Crippen MR) is 223 cm³/mol. The summed E-state index contributed by atoms with van der Waals surface area (Å²) in [5, 5.41) is 0. The van der Waals surface area contributed by atoms with Crippen LogP contribution in [0.3, 0.4) is 0 Å². The highest BCUT2D eigenvalue weighted by Crippen LogP contribution is 2.38. The molecule has 1 aliphatic rings. The summed E-state index contributed by atoms with van der Waals surface area (Å²) in [5.74, 6) is 0.390. The second-order valence-corrected chi connectivity index (χ2v) is 16.9. The van der Waals surface area contributed by atoms with Crippen LogP contribution in [0.2, 0.25) is 0 Å². The predicted octanol–water partition coefficient (Wildman–Crippen LogP) is 13.4. The van der Waals surface area contributed by atoms with Gasteiger partial charge in [-0.3, -0.25) is 9.59 Å². The first-order chi connectivity index (χ1) is 25.0. The van der Waals surface area contributed by atoms with Crippen molar-refractivity contribution in [3.63, 3.8) is 0 Å². The average Bonchev–Trinajstić information content (AvgIpc) is 3.12. The molecule has 0 bridgehead atoms. The van der Waals surface area contributed by atoms with Crippen molar-refractivity contribution in [3.8, 4) is 0 Å². The Hall–Kier alpha value is -1.14. The number of esters is 2. The normalized spacial score (nSPS) is 15.5. The summed E-state index contributed by atoms with van der Waals surface area (Å²) < 4.78 is 18.7. The second-order valence-electron chi connectivity index (χ2n) is 16.9. The highest BCUT2D eigenvalue weighted by atomic mass is 16.6. The number of hydrogen-bond acceptors (Lipinski definition) is 6. The Morgan fingerprint density at radius 3 is 1.62 bits per heavy atom. The molecule has 1 rings (SSSR count). The lowest BCUT2D eigenvalue weighted by Gasteiger charge is -2.43. The van der Waals surface area contributed by atoms with E-state index in [0.717, 1.165) is 83.7 Å². The lowest BCUT2D eigenvalue weighted by atomic mass is 9.76. The van der Waals surface area contributed by atoms with Crippen molar-refractivity contribution < 1.29 is 23.8 Å². The number of unbranched alkanes of at least 4 members (excludes halogenated alkanes) is 15. The van der Waals surface area contributed by atoms with Gasteiger partial charge in [0.1, 0.15) is 6.10 Å². The summed E-state index contributed by atoms with van der Waals surface area (Å²) in [6.45, 7) is 21.6. The van der Waals surface area contributed by atoms with Crippen molar-refractivity contribution in [3.05, 3.63) is 0 Å². The molecule has 310 valence electrons. The van der Waals surface area contributed by atoms with Gasteiger partial charge in [-0.15, -0.1) is 0 Å². The molecule has 0 aromatic carbocycles. The van der Waals surface area contributed by atoms with Gasteiger partial charge in [-0.1, -0.05) is 137 Å². The molecule has 1 fully saturated rings. The van der Waals surface area contributed by atoms with Gasteiger partial charge in [-0.2, -0.15) is 0 Å². The van der Waals surface area contributed by atoms with Crippen LogP contribution in [0, 0.1) is 11.3 Å². The van der Waals surface area contributed by atoms with Gasteiger partial charge in [0, 0.05) is 19.5 Å². The summed E-state index contributed by atoms with van der Waals surface area (Å²) in [6, 6.07) is 0. The highest BCUT2D eigenvalue weighted by Gasteiger charge is 2.47. The summed E-state index contributed by atoms with van der Waals surface area (Å²) >= 11 is 0. The van der Waals surface area contributed by atoms with Gasteiger partial charge in [0.2, 0.25) is 0 Å². The van der Waals surface area contributed by atoms with Gasteiger partial charge in [-0.25, -0.2) is 0 Å². The van der Waals surface area contributed by atoms with E-state index in [4.69, 9.17) is 14.2 Å². The number of carbonyl (C=O) groups excluding carboxylic acids is 2. The zero-order valence-corrected chi connectivity index (χ0v) is 36.7. The molecule has 0 aliphatic carbocycles. The number of likely N-dealkylation sites (tertiary alicyclic amines) is 1. The second kappa shape index (κ2) is 32.1. The van der Waals surface area contributed by atoms with Gasteiger partial charge in [0.15, 0.2) is 0 Å². The van der Waals surface area contributed by atoms with Crippen molar-refractivity contribution in [1.82, 2.24) is 4.90 Å². The molecule has 1 heterocycles. The van der Waals surface area contributed by atoms with Crippen molar-refractivity contribution in [2.45, 2.75) is 247 Å². The Morgan fingerprint density at radius 1 is 0.635 bits per heavy atom. The summed E-state index contributed by atoms with van der Waals surface area (Å²) in [7, 11) is 2.16. The maximum Gasteiger partial charge on any atom is 0.314 e. The minimum absolute atomic E-state index is 0.0158. The lowest BCUT2D eigenvalue weighted by Crippen LogP contribution is -2.51. The van der Waals surface area contributed by atoms with E-state index in [0.29, 0.717) is 18.9 Å². The third kappa shape index (κ3) is 24.3. The number of carbonyl (C=O) groups is 2. The van der Waals surface area contributed by atoms with E-state index in [1.165, 1.54) is 89.9 Å². The van der Waals surface area contributed by atoms with Crippen LogP contribution in [0.5, 0.6) is 0 Å². The number of rotatable bonds is 32. The van der Waals surface area contributed by atoms with Crippen molar-refractivity contribution in [1.29, 1.82) is 0 Å². The molecule has 6 heteroatoms. The molecule has 0 spiro atoms. The minimum atomic E-state index is -0.735. The third-order valence-corrected chi connectivity index (χ3v) is 11.6. The Labute approximate surface area is 325 Å². The van der Waals surface area contributed by atoms with E-state index in [2.05, 4.69) is 46.6 Å². The van der Waals surface area contributed by atoms with Gasteiger partial charge < -0.3 is 19.1 Å². The monoisotopic (exact) mass is 738 g/mol. The van der Waals surface area contributed by atoms with Crippen LogP contribution in [0.1, 0.15) is 229 Å². The molecule has 0 saturated carbocycles. The molecule has 6 nitrogen and oxygen atoms in total. The van der Waals surface area contributed by atoms with Crippen LogP contribution in [-0.2, 0) is 23.8 Å². The van der Waals surface area contributed by atoms with E-state index in [1.54, 1.807) is 0 Å². The van der Waals surface area contributed by atoms with E-state index >= 15 is 0 Å². The van der Waals surface area contributed by atoms with Crippen LogP contribution in [0.15, 0.2) is 0 Å². The lowest BCUT2D eigenvalue weighted by molar-refractivity contribution is -0.191. The Bertz CT molecular complexity index is 835. The van der Waals surface area contributed by atoms with Crippen LogP contribution in [0.4, 0.5) is 0 Å². The quantitative estimate of drug-likeness (QED) is 0.0506. The van der Waals surface area contributed by atoms with Gasteiger partial charge in [0.25, 0.3) is 0 Å². The Kier molecular flexibility index (Phi) is 31.4. The molecule has 0 amide bonds. The topological polar surface area (TPSA) is 65.1 Å². The average molecular weight is 738 g/mol. The molecule has 0 aromatic rings. The van der Waals surface area contributed by atoms with Crippen LogP contribution in [0.25, 0.3) is 0 Å². The van der Waals surface area contributed by atoms with E-state index in [1.807, 2.05) is 27.7 Å². The third-order valence-electron chi connectivity index (χ3n) is 11.6. The van der Waals surface area contributed by atoms with Gasteiger partial charge >= 0.3 is 11.9 Å². The summed E-state index contributed by atoms with van der Waals surface area (Å²) in [5.41, 5.74) is -1.34. The molecule has 1 aliphatic heterocycles. The largest absolute Gasteiger partial charge is 0.465 e. The number of nitrogens with zero attached hydrogens (tertiary/aromatic N) is 1. The maximum atomic E-state index is 13.7. The van der Waals surface area contributed by atoms with Crippen molar-refractivity contribution in [2.75, 3.05) is 26.7 Å². The van der Waals surface area contributed by atoms with Crippen molar-refractivity contribution in [2.24, 2.45) is 11.3 Å². The molecule has 0 aromatic heterocycles. The Balaban J connectivity index is 0.0000128. The van der Waals surface area contributed by atoms with Crippen molar-refractivity contribution >= 4 is 11.9 Å². The zero-order valence-electron chi connectivity index (χ0n) is 36.7. The first-order valence-electron chi connectivity index (χ1n) is 22.7. The molecule has 0 radical (unpaired) electrons.